The number of rotatable bonds is 5. The van der Waals surface area contributed by atoms with Crippen LogP contribution >= 0.6 is 0 Å². The summed E-state index contributed by atoms with van der Waals surface area (Å²) >= 11 is 0. The van der Waals surface area contributed by atoms with E-state index in [-0.39, 0.29) is 11.3 Å². The number of hydrogen-bond acceptors (Lipinski definition) is 3. The fourth-order valence-electron chi connectivity index (χ4n) is 4.00. The molecule has 0 atom stereocenters. The molecule has 4 nitrogen and oxygen atoms in total. The molecule has 1 aliphatic carbocycles. The highest BCUT2D eigenvalue weighted by atomic mass is 16.2. The van der Waals surface area contributed by atoms with Gasteiger partial charge in [0.2, 0.25) is 5.91 Å². The van der Waals surface area contributed by atoms with Gasteiger partial charge in [0.15, 0.2) is 0 Å². The molecule has 2 fully saturated rings. The molecule has 1 aromatic carbocycles. The lowest BCUT2D eigenvalue weighted by atomic mass is 9.77. The quantitative estimate of drug-likeness (QED) is 0.871. The van der Waals surface area contributed by atoms with E-state index in [9.17, 15) is 4.79 Å². The fraction of sp³-hybridized carbons (Fsp3) is 0.632. The second-order valence-corrected chi connectivity index (χ2v) is 7.01. The number of aryl methyl sites for hydroxylation is 1. The first-order valence-electron chi connectivity index (χ1n) is 8.99. The van der Waals surface area contributed by atoms with Gasteiger partial charge in [0.05, 0.1) is 5.41 Å². The van der Waals surface area contributed by atoms with Gasteiger partial charge in [-0.2, -0.15) is 0 Å². The second-order valence-electron chi connectivity index (χ2n) is 7.01. The third kappa shape index (κ3) is 3.75. The van der Waals surface area contributed by atoms with Crippen LogP contribution in [0.25, 0.3) is 0 Å². The highest BCUT2D eigenvalue weighted by Crippen LogP contribution is 2.41. The van der Waals surface area contributed by atoms with E-state index in [2.05, 4.69) is 46.7 Å². The Balaban J connectivity index is 1.62. The van der Waals surface area contributed by atoms with Crippen molar-refractivity contribution in [3.8, 4) is 0 Å². The molecule has 1 aromatic rings. The number of carbonyl (C=O) groups excluding carboxylic acids is 1. The average Bonchev–Trinajstić information content (AvgIpc) is 3.07. The Morgan fingerprint density at radius 1 is 1.26 bits per heavy atom. The largest absolute Gasteiger partial charge is 0.354 e. The van der Waals surface area contributed by atoms with Crippen LogP contribution in [0.1, 0.15) is 36.8 Å². The Morgan fingerprint density at radius 2 is 2.00 bits per heavy atom. The summed E-state index contributed by atoms with van der Waals surface area (Å²) in [5.74, 6) is 0.232. The van der Waals surface area contributed by atoms with E-state index < -0.39 is 0 Å². The third-order valence-corrected chi connectivity index (χ3v) is 5.39. The lowest BCUT2D eigenvalue weighted by Crippen LogP contribution is -2.48. The van der Waals surface area contributed by atoms with E-state index >= 15 is 0 Å². The first kappa shape index (κ1) is 16.5. The summed E-state index contributed by atoms with van der Waals surface area (Å²) in [4.78, 5) is 15.4. The smallest absolute Gasteiger partial charge is 0.230 e. The van der Waals surface area contributed by atoms with Crippen molar-refractivity contribution in [2.45, 2.75) is 38.0 Å². The van der Waals surface area contributed by atoms with Gasteiger partial charge in [0.1, 0.15) is 0 Å². The molecule has 0 bridgehead atoms. The van der Waals surface area contributed by atoms with Crippen LogP contribution in [0.2, 0.25) is 0 Å². The molecule has 23 heavy (non-hydrogen) atoms. The summed E-state index contributed by atoms with van der Waals surface area (Å²) < 4.78 is 0. The Morgan fingerprint density at radius 3 is 2.70 bits per heavy atom. The highest BCUT2D eigenvalue weighted by molar-refractivity contribution is 5.88. The predicted octanol–water partition coefficient (Wildman–Crippen LogP) is 1.83. The monoisotopic (exact) mass is 315 g/mol. The van der Waals surface area contributed by atoms with Crippen molar-refractivity contribution in [3.63, 3.8) is 0 Å². The van der Waals surface area contributed by atoms with Gasteiger partial charge in [0.25, 0.3) is 0 Å². The first-order chi connectivity index (χ1) is 11.2. The lowest BCUT2D eigenvalue weighted by molar-refractivity contribution is -0.126. The molecule has 1 heterocycles. The van der Waals surface area contributed by atoms with E-state index in [1.165, 1.54) is 11.1 Å². The Kier molecular flexibility index (Phi) is 5.34. The number of benzene rings is 1. The summed E-state index contributed by atoms with van der Waals surface area (Å²) in [6.07, 6.45) is 4.27. The molecule has 4 heteroatoms. The Bertz CT molecular complexity index is 531. The fourth-order valence-corrected chi connectivity index (χ4v) is 4.00. The van der Waals surface area contributed by atoms with Gasteiger partial charge in [-0.1, -0.05) is 42.7 Å². The summed E-state index contributed by atoms with van der Waals surface area (Å²) in [5, 5.41) is 6.59. The lowest BCUT2D eigenvalue weighted by Gasteiger charge is -2.30. The van der Waals surface area contributed by atoms with Crippen LogP contribution in [-0.4, -0.2) is 50.1 Å². The minimum absolute atomic E-state index is 0.232. The van der Waals surface area contributed by atoms with Crippen molar-refractivity contribution >= 4 is 5.91 Å². The van der Waals surface area contributed by atoms with Crippen molar-refractivity contribution in [2.24, 2.45) is 0 Å². The zero-order valence-electron chi connectivity index (χ0n) is 14.2. The van der Waals surface area contributed by atoms with Gasteiger partial charge in [-0.05, 0) is 25.3 Å². The zero-order chi connectivity index (χ0) is 16.1. The SMILES string of the molecule is Cc1cccc(C2(C(=O)NCCN3CCNCC3)CCCC2)c1. The van der Waals surface area contributed by atoms with Crippen molar-refractivity contribution in [2.75, 3.05) is 39.3 Å². The van der Waals surface area contributed by atoms with Crippen LogP contribution in [0.5, 0.6) is 0 Å². The van der Waals surface area contributed by atoms with E-state index in [1.54, 1.807) is 0 Å². The Hall–Kier alpha value is -1.39. The topological polar surface area (TPSA) is 44.4 Å². The standard InChI is InChI=1S/C19H29N3O/c1-16-5-4-6-17(15-16)19(7-2-3-8-19)18(23)21-11-14-22-12-9-20-10-13-22/h4-6,15,20H,2-3,7-14H2,1H3,(H,21,23). The maximum absolute atomic E-state index is 13.0. The number of amides is 1. The van der Waals surface area contributed by atoms with Crippen molar-refractivity contribution in [3.05, 3.63) is 35.4 Å². The van der Waals surface area contributed by atoms with E-state index in [0.717, 1.165) is 65.0 Å². The number of piperazine rings is 1. The van der Waals surface area contributed by atoms with Crippen molar-refractivity contribution in [1.82, 2.24) is 15.5 Å². The van der Waals surface area contributed by atoms with Crippen LogP contribution in [0, 0.1) is 6.92 Å². The molecular weight excluding hydrogens is 286 g/mol. The zero-order valence-corrected chi connectivity index (χ0v) is 14.2. The molecule has 0 aromatic heterocycles. The first-order valence-corrected chi connectivity index (χ1v) is 8.99. The van der Waals surface area contributed by atoms with E-state index in [4.69, 9.17) is 0 Å². The molecule has 3 rings (SSSR count). The molecule has 1 aliphatic heterocycles. The second kappa shape index (κ2) is 7.45. The maximum atomic E-state index is 13.0. The predicted molar refractivity (Wildman–Crippen MR) is 93.6 cm³/mol. The van der Waals surface area contributed by atoms with Crippen LogP contribution in [-0.2, 0) is 10.2 Å². The highest BCUT2D eigenvalue weighted by Gasteiger charge is 2.42. The third-order valence-electron chi connectivity index (χ3n) is 5.39. The number of nitrogens with one attached hydrogen (secondary N) is 2. The molecule has 1 amide bonds. The number of hydrogen-bond donors (Lipinski definition) is 2. The molecule has 0 spiro atoms. The van der Waals surface area contributed by atoms with Crippen LogP contribution in [0.15, 0.2) is 24.3 Å². The van der Waals surface area contributed by atoms with Gasteiger partial charge in [-0.25, -0.2) is 0 Å². The van der Waals surface area contributed by atoms with Crippen LogP contribution < -0.4 is 10.6 Å². The molecule has 2 N–H and O–H groups in total. The van der Waals surface area contributed by atoms with Gasteiger partial charge in [-0.15, -0.1) is 0 Å². The summed E-state index contributed by atoms with van der Waals surface area (Å²) in [6, 6.07) is 8.52. The Labute approximate surface area is 139 Å². The van der Waals surface area contributed by atoms with Gasteiger partial charge in [0, 0.05) is 39.3 Å². The molecular formula is C19H29N3O. The summed E-state index contributed by atoms with van der Waals surface area (Å²) in [7, 11) is 0. The average molecular weight is 315 g/mol. The van der Waals surface area contributed by atoms with Gasteiger partial charge < -0.3 is 10.6 Å². The van der Waals surface area contributed by atoms with Gasteiger partial charge >= 0.3 is 0 Å². The van der Waals surface area contributed by atoms with Crippen LogP contribution in [0.3, 0.4) is 0 Å². The minimum Gasteiger partial charge on any atom is -0.354 e. The molecule has 2 aliphatic rings. The van der Waals surface area contributed by atoms with E-state index in [1.807, 2.05) is 0 Å². The van der Waals surface area contributed by atoms with Crippen molar-refractivity contribution in [1.29, 1.82) is 0 Å². The van der Waals surface area contributed by atoms with E-state index in [0.29, 0.717) is 0 Å². The molecule has 1 saturated carbocycles. The number of carbonyl (C=O) groups is 1. The summed E-state index contributed by atoms with van der Waals surface area (Å²) in [5.41, 5.74) is 2.15. The molecule has 1 saturated heterocycles. The summed E-state index contributed by atoms with van der Waals surface area (Å²) in [6.45, 7) is 8.10. The number of nitrogens with zero attached hydrogens (tertiary/aromatic N) is 1. The maximum Gasteiger partial charge on any atom is 0.230 e. The normalized spacial score (nSPS) is 21.3. The minimum atomic E-state index is -0.296. The van der Waals surface area contributed by atoms with Gasteiger partial charge in [-0.3, -0.25) is 9.69 Å². The molecule has 0 radical (unpaired) electrons. The molecule has 0 unspecified atom stereocenters. The molecule has 126 valence electrons. The van der Waals surface area contributed by atoms with Crippen LogP contribution in [0.4, 0.5) is 0 Å². The van der Waals surface area contributed by atoms with Crippen molar-refractivity contribution < 1.29 is 4.79 Å².